The summed E-state index contributed by atoms with van der Waals surface area (Å²) in [6.45, 7) is 7.36. The minimum Gasteiger partial charge on any atom is -0.505 e. The molecule has 9 heteroatoms. The van der Waals surface area contributed by atoms with E-state index in [0.29, 0.717) is 6.54 Å². The van der Waals surface area contributed by atoms with Crippen LogP contribution in [0.5, 0.6) is 5.75 Å². The van der Waals surface area contributed by atoms with E-state index in [4.69, 9.17) is 0 Å². The summed E-state index contributed by atoms with van der Waals surface area (Å²) in [5.41, 5.74) is 0.736. The Kier molecular flexibility index (Phi) is 8.94. The van der Waals surface area contributed by atoms with Crippen LogP contribution in [-0.2, 0) is 11.3 Å². The summed E-state index contributed by atoms with van der Waals surface area (Å²) in [5.74, 6) is 0.0240. The van der Waals surface area contributed by atoms with Crippen LogP contribution in [0.15, 0.2) is 23.2 Å². The zero-order valence-corrected chi connectivity index (χ0v) is 19.4. The van der Waals surface area contributed by atoms with Gasteiger partial charge in [-0.3, -0.25) is 14.7 Å². The van der Waals surface area contributed by atoms with Gasteiger partial charge in [-0.05, 0) is 37.5 Å². The number of phenolic OH excluding ortho intramolecular Hbond substituents is 1. The average molecular weight is 519 g/mol. The molecule has 0 bridgehead atoms. The van der Waals surface area contributed by atoms with Gasteiger partial charge in [0.25, 0.3) is 0 Å². The molecular formula is C20H31FIN5O2. The van der Waals surface area contributed by atoms with Crippen molar-refractivity contribution >= 4 is 35.8 Å². The molecule has 3 rings (SSSR count). The Morgan fingerprint density at radius 3 is 2.41 bits per heavy atom. The predicted molar refractivity (Wildman–Crippen MR) is 122 cm³/mol. The molecule has 0 aliphatic carbocycles. The number of halogens is 2. The van der Waals surface area contributed by atoms with Crippen molar-refractivity contribution in [2.45, 2.75) is 32.4 Å². The molecule has 0 aromatic heterocycles. The molecule has 1 aromatic rings. The van der Waals surface area contributed by atoms with Gasteiger partial charge in [0, 0.05) is 52.9 Å². The molecule has 1 unspecified atom stereocenters. The minimum absolute atomic E-state index is 0. The third-order valence-electron chi connectivity index (χ3n) is 5.61. The Morgan fingerprint density at radius 2 is 1.83 bits per heavy atom. The van der Waals surface area contributed by atoms with Gasteiger partial charge in [0.15, 0.2) is 17.5 Å². The van der Waals surface area contributed by atoms with Crippen molar-refractivity contribution in [3.63, 3.8) is 0 Å². The summed E-state index contributed by atoms with van der Waals surface area (Å²) in [6.07, 6.45) is 2.22. The second-order valence-corrected chi connectivity index (χ2v) is 7.42. The van der Waals surface area contributed by atoms with E-state index in [1.807, 2.05) is 11.8 Å². The lowest BCUT2D eigenvalue weighted by Gasteiger charge is -2.39. The molecule has 2 fully saturated rings. The fraction of sp³-hybridized carbons (Fsp3) is 0.600. The lowest BCUT2D eigenvalue weighted by atomic mass is 10.2. The highest BCUT2D eigenvalue weighted by atomic mass is 127. The molecule has 2 aliphatic heterocycles. The quantitative estimate of drug-likeness (QED) is 0.361. The zero-order chi connectivity index (χ0) is 20.1. The van der Waals surface area contributed by atoms with Gasteiger partial charge in [-0.2, -0.15) is 0 Å². The van der Waals surface area contributed by atoms with E-state index in [0.717, 1.165) is 63.6 Å². The van der Waals surface area contributed by atoms with Crippen LogP contribution in [0, 0.1) is 5.82 Å². The number of amides is 1. The number of hydrogen-bond acceptors (Lipinski definition) is 4. The van der Waals surface area contributed by atoms with Gasteiger partial charge in [0.05, 0.1) is 6.04 Å². The van der Waals surface area contributed by atoms with Crippen LogP contribution in [0.1, 0.15) is 25.3 Å². The van der Waals surface area contributed by atoms with E-state index in [-0.39, 0.29) is 41.7 Å². The topological polar surface area (TPSA) is 71.4 Å². The summed E-state index contributed by atoms with van der Waals surface area (Å²) in [6, 6.07) is 4.27. The van der Waals surface area contributed by atoms with Crippen LogP contribution in [0.2, 0.25) is 0 Å². The van der Waals surface area contributed by atoms with Crippen molar-refractivity contribution in [3.05, 3.63) is 29.6 Å². The largest absolute Gasteiger partial charge is 0.505 e. The van der Waals surface area contributed by atoms with Gasteiger partial charge >= 0.3 is 0 Å². The first kappa shape index (κ1) is 23.7. The molecule has 2 aliphatic rings. The highest BCUT2D eigenvalue weighted by Gasteiger charge is 2.30. The maximum Gasteiger partial charge on any atom is 0.239 e. The van der Waals surface area contributed by atoms with Crippen molar-refractivity contribution in [3.8, 4) is 5.75 Å². The van der Waals surface area contributed by atoms with Crippen LogP contribution < -0.4 is 5.32 Å². The number of benzene rings is 1. The number of guanidine groups is 1. The second kappa shape index (κ2) is 11.0. The molecule has 2 saturated heterocycles. The van der Waals surface area contributed by atoms with Gasteiger partial charge in [-0.1, -0.05) is 6.07 Å². The lowest BCUT2D eigenvalue weighted by molar-refractivity contribution is -0.135. The Balaban J connectivity index is 0.00000300. The van der Waals surface area contributed by atoms with Crippen molar-refractivity contribution in [2.24, 2.45) is 4.99 Å². The molecule has 0 spiro atoms. The predicted octanol–water partition coefficient (Wildman–Crippen LogP) is 1.85. The monoisotopic (exact) mass is 519 g/mol. The number of likely N-dealkylation sites (tertiary alicyclic amines) is 1. The number of aromatic hydroxyl groups is 1. The number of piperazine rings is 1. The molecular weight excluding hydrogens is 488 g/mol. The summed E-state index contributed by atoms with van der Waals surface area (Å²) in [5, 5.41) is 12.5. The molecule has 7 nitrogen and oxygen atoms in total. The van der Waals surface area contributed by atoms with E-state index in [1.165, 1.54) is 12.1 Å². The number of aliphatic imine (C=N–C) groups is 1. The summed E-state index contributed by atoms with van der Waals surface area (Å²) >= 11 is 0. The highest BCUT2D eigenvalue weighted by Crippen LogP contribution is 2.16. The number of nitrogens with zero attached hydrogens (tertiary/aromatic N) is 4. The van der Waals surface area contributed by atoms with Gasteiger partial charge in [0.2, 0.25) is 5.91 Å². The molecule has 0 radical (unpaired) electrons. The lowest BCUT2D eigenvalue weighted by Crippen LogP contribution is -2.57. The Morgan fingerprint density at radius 1 is 1.17 bits per heavy atom. The summed E-state index contributed by atoms with van der Waals surface area (Å²) in [4.78, 5) is 23.3. The maximum atomic E-state index is 13.5. The van der Waals surface area contributed by atoms with Crippen molar-refractivity contribution in [1.29, 1.82) is 0 Å². The standard InChI is InChI=1S/C20H30FN5O2.HI/c1-15(19(28)25-7-3-4-8-25)24-9-11-26(12-10-24)20(22-2)23-14-16-5-6-18(27)17(21)13-16;/h5-6,13,15,27H,3-4,7-12,14H2,1-2H3,(H,22,23);1H. The van der Waals surface area contributed by atoms with Crippen molar-refractivity contribution in [1.82, 2.24) is 20.0 Å². The van der Waals surface area contributed by atoms with Gasteiger partial charge in [0.1, 0.15) is 0 Å². The van der Waals surface area contributed by atoms with Crippen LogP contribution in [0.3, 0.4) is 0 Å². The first-order valence-electron chi connectivity index (χ1n) is 9.95. The van der Waals surface area contributed by atoms with E-state index < -0.39 is 5.82 Å². The number of hydrogen-bond donors (Lipinski definition) is 2. The molecule has 0 saturated carbocycles. The van der Waals surface area contributed by atoms with Crippen LogP contribution >= 0.6 is 24.0 Å². The number of carbonyl (C=O) groups is 1. The molecule has 1 aromatic carbocycles. The summed E-state index contributed by atoms with van der Waals surface area (Å²) in [7, 11) is 1.73. The van der Waals surface area contributed by atoms with E-state index >= 15 is 0 Å². The third-order valence-corrected chi connectivity index (χ3v) is 5.61. The van der Waals surface area contributed by atoms with Gasteiger partial charge in [-0.15, -0.1) is 24.0 Å². The highest BCUT2D eigenvalue weighted by molar-refractivity contribution is 14.0. The Labute approximate surface area is 189 Å². The van der Waals surface area contributed by atoms with E-state index in [9.17, 15) is 14.3 Å². The van der Waals surface area contributed by atoms with Crippen LogP contribution in [-0.4, -0.2) is 84.0 Å². The fourth-order valence-corrected chi connectivity index (χ4v) is 3.85. The minimum atomic E-state index is -0.625. The molecule has 29 heavy (non-hydrogen) atoms. The average Bonchev–Trinajstić information content (AvgIpc) is 3.25. The number of phenols is 1. The van der Waals surface area contributed by atoms with Gasteiger partial charge in [-0.25, -0.2) is 4.39 Å². The number of nitrogens with one attached hydrogen (secondary N) is 1. The molecule has 1 atom stereocenters. The fourth-order valence-electron chi connectivity index (χ4n) is 3.85. The Bertz CT molecular complexity index is 719. The number of carbonyl (C=O) groups excluding carboxylic acids is 1. The molecule has 1 amide bonds. The smallest absolute Gasteiger partial charge is 0.239 e. The first-order valence-corrected chi connectivity index (χ1v) is 9.95. The van der Waals surface area contributed by atoms with Crippen molar-refractivity contribution < 1.29 is 14.3 Å². The van der Waals surface area contributed by atoms with Gasteiger partial charge < -0.3 is 20.2 Å². The first-order chi connectivity index (χ1) is 13.5. The zero-order valence-electron chi connectivity index (χ0n) is 17.1. The maximum absolute atomic E-state index is 13.5. The molecule has 2 heterocycles. The Hall–Kier alpha value is -1.62. The van der Waals surface area contributed by atoms with Crippen molar-refractivity contribution in [2.75, 3.05) is 46.3 Å². The number of rotatable bonds is 4. The van der Waals surface area contributed by atoms with E-state index in [1.54, 1.807) is 13.1 Å². The van der Waals surface area contributed by atoms with E-state index in [2.05, 4.69) is 20.1 Å². The molecule has 162 valence electrons. The normalized spacial score (nSPS) is 19.1. The summed E-state index contributed by atoms with van der Waals surface area (Å²) < 4.78 is 13.5. The second-order valence-electron chi connectivity index (χ2n) is 7.42. The third kappa shape index (κ3) is 5.94. The van der Waals surface area contributed by atoms with Crippen LogP contribution in [0.25, 0.3) is 0 Å². The SMILES string of the molecule is CN=C(NCc1ccc(O)c(F)c1)N1CCN(C(C)C(=O)N2CCCC2)CC1.I. The van der Waals surface area contributed by atoms with Crippen LogP contribution in [0.4, 0.5) is 4.39 Å². The molecule has 2 N–H and O–H groups in total.